The molecule has 168 valence electrons. The zero-order chi connectivity index (χ0) is 22.0. The van der Waals surface area contributed by atoms with Gasteiger partial charge in [-0.05, 0) is 25.7 Å². The molecule has 3 amide bonds. The van der Waals surface area contributed by atoms with Crippen LogP contribution in [0.25, 0.3) is 0 Å². The molecule has 7 heteroatoms. The highest BCUT2D eigenvalue weighted by Gasteiger charge is 2.53. The van der Waals surface area contributed by atoms with E-state index in [2.05, 4.69) is 0 Å². The van der Waals surface area contributed by atoms with E-state index in [0.29, 0.717) is 18.4 Å². The van der Waals surface area contributed by atoms with E-state index in [1.165, 1.54) is 4.90 Å². The van der Waals surface area contributed by atoms with Crippen LogP contribution in [0.4, 0.5) is 4.79 Å². The Labute approximate surface area is 183 Å². The fourth-order valence-electron chi connectivity index (χ4n) is 5.50. The molecule has 0 aromatic heterocycles. The van der Waals surface area contributed by atoms with Gasteiger partial charge in [-0.1, -0.05) is 49.6 Å². The van der Waals surface area contributed by atoms with Gasteiger partial charge in [0.15, 0.2) is 5.78 Å². The SMILES string of the molecule is COC1CC2C(=O)N(C3CCCCC3)C(=O)N(CC(=O)c3ccccc3)C2CC1OC. The topological polar surface area (TPSA) is 76.2 Å². The number of amides is 3. The van der Waals surface area contributed by atoms with Gasteiger partial charge in [0.25, 0.3) is 0 Å². The minimum absolute atomic E-state index is 0.0331. The molecule has 1 aromatic carbocycles. The van der Waals surface area contributed by atoms with Crippen LogP contribution >= 0.6 is 0 Å². The standard InChI is InChI=1S/C24H32N2O5/c1-30-21-13-18-19(14-22(21)31-2)25(15-20(27)16-9-5-3-6-10-16)24(29)26(23(18)28)17-11-7-4-8-12-17/h3,5-6,9-10,17-19,21-22H,4,7-8,11-15H2,1-2H3. The maximum Gasteiger partial charge on any atom is 0.327 e. The molecule has 0 N–H and O–H groups in total. The third-order valence-electron chi connectivity index (χ3n) is 7.20. The van der Waals surface area contributed by atoms with Crippen molar-refractivity contribution in [3.63, 3.8) is 0 Å². The Kier molecular flexibility index (Phi) is 6.72. The van der Waals surface area contributed by atoms with Crippen LogP contribution in [-0.4, -0.2) is 72.6 Å². The molecule has 3 aliphatic rings. The fourth-order valence-corrected chi connectivity index (χ4v) is 5.50. The van der Waals surface area contributed by atoms with Gasteiger partial charge in [0, 0.05) is 31.9 Å². The lowest BCUT2D eigenvalue weighted by Crippen LogP contribution is -2.68. The van der Waals surface area contributed by atoms with Crippen LogP contribution in [0.5, 0.6) is 0 Å². The van der Waals surface area contributed by atoms with Crippen molar-refractivity contribution in [2.75, 3.05) is 20.8 Å². The van der Waals surface area contributed by atoms with Crippen LogP contribution in [0.1, 0.15) is 55.3 Å². The predicted molar refractivity (Wildman–Crippen MR) is 115 cm³/mol. The van der Waals surface area contributed by atoms with Gasteiger partial charge in [-0.3, -0.25) is 14.5 Å². The maximum atomic E-state index is 13.6. The molecule has 0 spiro atoms. The minimum Gasteiger partial charge on any atom is -0.379 e. The van der Waals surface area contributed by atoms with E-state index >= 15 is 0 Å². The number of carbonyl (C=O) groups is 3. The molecule has 2 aliphatic carbocycles. The fraction of sp³-hybridized carbons (Fsp3) is 0.625. The van der Waals surface area contributed by atoms with Crippen molar-refractivity contribution in [1.29, 1.82) is 0 Å². The second-order valence-corrected chi connectivity index (χ2v) is 8.89. The molecule has 0 bridgehead atoms. The Morgan fingerprint density at radius 2 is 1.61 bits per heavy atom. The number of ketones is 1. The van der Waals surface area contributed by atoms with Gasteiger partial charge in [0.2, 0.25) is 5.91 Å². The second-order valence-electron chi connectivity index (χ2n) is 8.89. The Balaban J connectivity index is 1.64. The van der Waals surface area contributed by atoms with E-state index in [1.54, 1.807) is 31.3 Å². The van der Waals surface area contributed by atoms with Gasteiger partial charge < -0.3 is 14.4 Å². The highest BCUT2D eigenvalue weighted by molar-refractivity contribution is 6.03. The number of Topliss-reactive ketones (excluding diaryl/α,β-unsaturated/α-hetero) is 1. The summed E-state index contributed by atoms with van der Waals surface area (Å²) in [6.07, 6.45) is 5.40. The lowest BCUT2D eigenvalue weighted by molar-refractivity contribution is -0.153. The molecule has 0 radical (unpaired) electrons. The third kappa shape index (κ3) is 4.26. The summed E-state index contributed by atoms with van der Waals surface area (Å²) in [5.41, 5.74) is 0.571. The smallest absolute Gasteiger partial charge is 0.327 e. The van der Waals surface area contributed by atoms with Crippen LogP contribution in [0, 0.1) is 5.92 Å². The van der Waals surface area contributed by atoms with E-state index < -0.39 is 0 Å². The number of methoxy groups -OCH3 is 2. The zero-order valence-corrected chi connectivity index (χ0v) is 18.4. The summed E-state index contributed by atoms with van der Waals surface area (Å²) in [6.45, 7) is -0.0331. The molecular formula is C24H32N2O5. The monoisotopic (exact) mass is 428 g/mol. The molecule has 7 nitrogen and oxygen atoms in total. The average Bonchev–Trinajstić information content (AvgIpc) is 2.82. The minimum atomic E-state index is -0.375. The highest BCUT2D eigenvalue weighted by atomic mass is 16.5. The number of ether oxygens (including phenoxy) is 2. The van der Waals surface area contributed by atoms with Crippen molar-refractivity contribution >= 4 is 17.7 Å². The van der Waals surface area contributed by atoms with Crippen LogP contribution in [0.15, 0.2) is 30.3 Å². The summed E-state index contributed by atoms with van der Waals surface area (Å²) in [6, 6.07) is 8.25. The van der Waals surface area contributed by atoms with Crippen molar-refractivity contribution in [1.82, 2.24) is 9.80 Å². The number of nitrogens with zero attached hydrogens (tertiary/aromatic N) is 2. The lowest BCUT2D eigenvalue weighted by atomic mass is 9.77. The highest BCUT2D eigenvalue weighted by Crippen LogP contribution is 2.39. The molecule has 4 unspecified atom stereocenters. The number of imide groups is 1. The summed E-state index contributed by atoms with van der Waals surface area (Å²) < 4.78 is 11.2. The molecule has 4 atom stereocenters. The van der Waals surface area contributed by atoms with Crippen molar-refractivity contribution in [2.45, 2.75) is 69.2 Å². The van der Waals surface area contributed by atoms with Crippen molar-refractivity contribution in [3.05, 3.63) is 35.9 Å². The maximum absolute atomic E-state index is 13.6. The molecule has 1 aromatic rings. The summed E-state index contributed by atoms with van der Waals surface area (Å²) in [5.74, 6) is -0.602. The summed E-state index contributed by atoms with van der Waals surface area (Å²) in [7, 11) is 3.25. The first-order valence-electron chi connectivity index (χ1n) is 11.3. The molecule has 4 rings (SSSR count). The van der Waals surface area contributed by atoms with Crippen LogP contribution in [0.3, 0.4) is 0 Å². The molecule has 31 heavy (non-hydrogen) atoms. The third-order valence-corrected chi connectivity index (χ3v) is 7.20. The molecule has 1 aliphatic heterocycles. The van der Waals surface area contributed by atoms with E-state index in [9.17, 15) is 14.4 Å². The number of rotatable bonds is 6. The molecule has 3 fully saturated rings. The summed E-state index contributed by atoms with van der Waals surface area (Å²) in [4.78, 5) is 43.3. The average molecular weight is 429 g/mol. The quantitative estimate of drug-likeness (QED) is 0.650. The van der Waals surface area contributed by atoms with Gasteiger partial charge in [0.05, 0.1) is 24.7 Å². The van der Waals surface area contributed by atoms with E-state index in [1.807, 2.05) is 18.2 Å². The largest absolute Gasteiger partial charge is 0.379 e. The number of urea groups is 1. The van der Waals surface area contributed by atoms with E-state index in [4.69, 9.17) is 9.47 Å². The van der Waals surface area contributed by atoms with Crippen LogP contribution < -0.4 is 0 Å². The van der Waals surface area contributed by atoms with Crippen LogP contribution in [0.2, 0.25) is 0 Å². The predicted octanol–water partition coefficient (Wildman–Crippen LogP) is 3.27. The molecule has 1 heterocycles. The van der Waals surface area contributed by atoms with Crippen molar-refractivity contribution < 1.29 is 23.9 Å². The van der Waals surface area contributed by atoms with Crippen molar-refractivity contribution in [3.8, 4) is 0 Å². The van der Waals surface area contributed by atoms with E-state index in [-0.39, 0.29) is 54.5 Å². The first-order chi connectivity index (χ1) is 15.0. The van der Waals surface area contributed by atoms with E-state index in [0.717, 1.165) is 32.1 Å². The number of hydrogen-bond donors (Lipinski definition) is 0. The number of benzene rings is 1. The molecular weight excluding hydrogens is 396 g/mol. The Morgan fingerprint density at radius 1 is 0.968 bits per heavy atom. The van der Waals surface area contributed by atoms with Gasteiger partial charge in [0.1, 0.15) is 0 Å². The number of carbonyl (C=O) groups excluding carboxylic acids is 3. The normalized spacial score (nSPS) is 29.7. The summed E-state index contributed by atoms with van der Waals surface area (Å²) >= 11 is 0. The van der Waals surface area contributed by atoms with Gasteiger partial charge in [-0.2, -0.15) is 0 Å². The zero-order valence-electron chi connectivity index (χ0n) is 18.4. The Bertz CT molecular complexity index is 807. The second kappa shape index (κ2) is 9.49. The van der Waals surface area contributed by atoms with Gasteiger partial charge in [-0.25, -0.2) is 4.79 Å². The van der Waals surface area contributed by atoms with Gasteiger partial charge in [-0.15, -0.1) is 0 Å². The van der Waals surface area contributed by atoms with Crippen molar-refractivity contribution in [2.24, 2.45) is 5.92 Å². The summed E-state index contributed by atoms with van der Waals surface area (Å²) in [5, 5.41) is 0. The van der Waals surface area contributed by atoms with Gasteiger partial charge >= 0.3 is 6.03 Å². The molecule has 1 saturated heterocycles. The lowest BCUT2D eigenvalue weighted by Gasteiger charge is -2.51. The Morgan fingerprint density at radius 3 is 2.26 bits per heavy atom. The Hall–Kier alpha value is -2.25. The molecule has 2 saturated carbocycles. The number of hydrogen-bond acceptors (Lipinski definition) is 5. The number of fused-ring (bicyclic) bond motifs is 1. The first-order valence-corrected chi connectivity index (χ1v) is 11.3. The van der Waals surface area contributed by atoms with Crippen LogP contribution in [-0.2, 0) is 14.3 Å². The first kappa shape index (κ1) is 22.0.